The van der Waals surface area contributed by atoms with Crippen LogP contribution in [0.25, 0.3) is 0 Å². The second-order valence-corrected chi connectivity index (χ2v) is 5.76. The van der Waals surface area contributed by atoms with E-state index in [-0.39, 0.29) is 6.03 Å². The van der Waals surface area contributed by atoms with Crippen LogP contribution in [0.3, 0.4) is 0 Å². The number of hydrogen-bond acceptors (Lipinski definition) is 3. The van der Waals surface area contributed by atoms with Crippen LogP contribution in [-0.2, 0) is 12.8 Å². The van der Waals surface area contributed by atoms with E-state index in [9.17, 15) is 4.79 Å². The van der Waals surface area contributed by atoms with Crippen molar-refractivity contribution in [2.75, 3.05) is 10.6 Å². The Morgan fingerprint density at radius 3 is 2.62 bits per heavy atom. The van der Waals surface area contributed by atoms with E-state index in [1.54, 1.807) is 30.5 Å². The number of pyridine rings is 1. The molecule has 2 N–H and O–H groups in total. The molecule has 3 rings (SSSR count). The average Bonchev–Trinajstić information content (AvgIpc) is 2.68. The average molecular weight is 342 g/mol. The van der Waals surface area contributed by atoms with Crippen molar-refractivity contribution in [3.8, 4) is 6.07 Å². The van der Waals surface area contributed by atoms with Gasteiger partial charge in [-0.2, -0.15) is 5.26 Å². The molecule has 0 fully saturated rings. The van der Waals surface area contributed by atoms with Crippen LogP contribution in [0, 0.1) is 11.3 Å². The lowest BCUT2D eigenvalue weighted by atomic mass is 10.1. The molecule has 26 heavy (non-hydrogen) atoms. The highest BCUT2D eigenvalue weighted by Crippen LogP contribution is 2.16. The molecule has 0 saturated carbocycles. The van der Waals surface area contributed by atoms with E-state index >= 15 is 0 Å². The minimum atomic E-state index is -0.380. The van der Waals surface area contributed by atoms with Crippen LogP contribution in [0.4, 0.5) is 16.2 Å². The Balaban J connectivity index is 1.61. The van der Waals surface area contributed by atoms with Gasteiger partial charge in [0.2, 0.25) is 0 Å². The Morgan fingerprint density at radius 2 is 1.81 bits per heavy atom. The molecule has 128 valence electrons. The molecule has 5 heteroatoms. The summed E-state index contributed by atoms with van der Waals surface area (Å²) in [5.74, 6) is 0. The first-order valence-electron chi connectivity index (χ1n) is 8.30. The van der Waals surface area contributed by atoms with Crippen LogP contribution >= 0.6 is 0 Å². The minimum absolute atomic E-state index is 0.380. The molecule has 5 nitrogen and oxygen atoms in total. The third kappa shape index (κ3) is 4.68. The zero-order chi connectivity index (χ0) is 18.2. The lowest BCUT2D eigenvalue weighted by Gasteiger charge is -2.10. The Bertz CT molecular complexity index is 932. The van der Waals surface area contributed by atoms with E-state index in [4.69, 9.17) is 5.26 Å². The first-order chi connectivity index (χ1) is 12.7. The quantitative estimate of drug-likeness (QED) is 0.722. The molecule has 0 unspecified atom stereocenters. The van der Waals surface area contributed by atoms with Gasteiger partial charge in [-0.1, -0.05) is 30.3 Å². The molecule has 0 radical (unpaired) electrons. The number of nitrogens with zero attached hydrogens (tertiary/aromatic N) is 2. The summed E-state index contributed by atoms with van der Waals surface area (Å²) in [5.41, 5.74) is 3.77. The zero-order valence-electron chi connectivity index (χ0n) is 14.1. The number of para-hydroxylation sites is 1. The number of amides is 2. The summed E-state index contributed by atoms with van der Waals surface area (Å²) >= 11 is 0. The van der Waals surface area contributed by atoms with E-state index in [1.807, 2.05) is 42.5 Å². The molecule has 0 aliphatic heterocycles. The van der Waals surface area contributed by atoms with Crippen molar-refractivity contribution in [2.45, 2.75) is 12.8 Å². The summed E-state index contributed by atoms with van der Waals surface area (Å²) in [5, 5.41) is 14.6. The van der Waals surface area contributed by atoms with Gasteiger partial charge in [0.25, 0.3) is 0 Å². The van der Waals surface area contributed by atoms with Crippen molar-refractivity contribution in [1.29, 1.82) is 5.26 Å². The number of rotatable bonds is 5. The summed E-state index contributed by atoms with van der Waals surface area (Å²) in [6.45, 7) is 0. The molecule has 0 atom stereocenters. The maximum Gasteiger partial charge on any atom is 0.323 e. The second-order valence-electron chi connectivity index (χ2n) is 5.76. The van der Waals surface area contributed by atoms with Gasteiger partial charge in [0.15, 0.2) is 0 Å². The van der Waals surface area contributed by atoms with Crippen LogP contribution in [0.2, 0.25) is 0 Å². The smallest absolute Gasteiger partial charge is 0.308 e. The maximum absolute atomic E-state index is 12.2. The Kier molecular flexibility index (Phi) is 5.58. The molecule has 1 aromatic heterocycles. The van der Waals surface area contributed by atoms with Gasteiger partial charge in [-0.25, -0.2) is 4.79 Å². The highest BCUT2D eigenvalue weighted by molar-refractivity contribution is 6.00. The largest absolute Gasteiger partial charge is 0.323 e. The number of hydrogen-bond donors (Lipinski definition) is 2. The summed E-state index contributed by atoms with van der Waals surface area (Å²) in [6.07, 6.45) is 3.47. The standard InChI is InChI=1S/C21H18N4O/c22-15-17-7-1-2-10-20(17)25-21(26)24-19-9-5-6-16(14-19)11-12-18-8-3-4-13-23-18/h1-10,13-14H,11-12H2,(H2,24,25,26). The van der Waals surface area contributed by atoms with Gasteiger partial charge in [-0.05, 0) is 54.8 Å². The molecular weight excluding hydrogens is 324 g/mol. The van der Waals surface area contributed by atoms with E-state index in [1.165, 1.54) is 0 Å². The highest BCUT2D eigenvalue weighted by Gasteiger charge is 2.07. The number of urea groups is 1. The Hall–Kier alpha value is -3.65. The first-order valence-corrected chi connectivity index (χ1v) is 8.30. The predicted molar refractivity (Wildman–Crippen MR) is 102 cm³/mol. The molecule has 2 amide bonds. The lowest BCUT2D eigenvalue weighted by Crippen LogP contribution is -2.20. The van der Waals surface area contributed by atoms with Gasteiger partial charge in [0.1, 0.15) is 6.07 Å². The van der Waals surface area contributed by atoms with E-state index in [0.717, 1.165) is 24.1 Å². The molecule has 1 heterocycles. The molecule has 0 bridgehead atoms. The fourth-order valence-corrected chi connectivity index (χ4v) is 2.60. The van der Waals surface area contributed by atoms with E-state index < -0.39 is 0 Å². The highest BCUT2D eigenvalue weighted by atomic mass is 16.2. The van der Waals surface area contributed by atoms with Crippen LogP contribution in [-0.4, -0.2) is 11.0 Å². The van der Waals surface area contributed by atoms with Crippen LogP contribution in [0.5, 0.6) is 0 Å². The topological polar surface area (TPSA) is 77.8 Å². The molecule has 0 saturated heterocycles. The maximum atomic E-state index is 12.2. The lowest BCUT2D eigenvalue weighted by molar-refractivity contribution is 0.262. The summed E-state index contributed by atoms with van der Waals surface area (Å²) < 4.78 is 0. The second kappa shape index (κ2) is 8.45. The van der Waals surface area contributed by atoms with E-state index in [2.05, 4.69) is 21.7 Å². The number of nitriles is 1. The van der Waals surface area contributed by atoms with Crippen molar-refractivity contribution in [1.82, 2.24) is 4.98 Å². The Labute approximate surface area is 152 Å². The zero-order valence-corrected chi connectivity index (χ0v) is 14.1. The van der Waals surface area contributed by atoms with Gasteiger partial charge >= 0.3 is 6.03 Å². The fourth-order valence-electron chi connectivity index (χ4n) is 2.60. The summed E-state index contributed by atoms with van der Waals surface area (Å²) in [6, 6.07) is 22.2. The first kappa shape index (κ1) is 17.2. The number of carbonyl (C=O) groups is 1. The van der Waals surface area contributed by atoms with Crippen molar-refractivity contribution >= 4 is 17.4 Å². The predicted octanol–water partition coefficient (Wildman–Crippen LogP) is 4.38. The van der Waals surface area contributed by atoms with Crippen LogP contribution in [0.15, 0.2) is 72.9 Å². The van der Waals surface area contributed by atoms with E-state index in [0.29, 0.717) is 16.9 Å². The number of anilines is 2. The molecule has 0 spiro atoms. The summed E-state index contributed by atoms with van der Waals surface area (Å²) in [4.78, 5) is 16.5. The number of carbonyl (C=O) groups excluding carboxylic acids is 1. The summed E-state index contributed by atoms with van der Waals surface area (Å²) in [7, 11) is 0. The fraction of sp³-hybridized carbons (Fsp3) is 0.0952. The van der Waals surface area contributed by atoms with Crippen molar-refractivity contribution in [3.63, 3.8) is 0 Å². The molecule has 0 aliphatic rings. The molecular formula is C21H18N4O. The van der Waals surface area contributed by atoms with Gasteiger partial charge in [0, 0.05) is 17.6 Å². The van der Waals surface area contributed by atoms with Gasteiger partial charge in [-0.15, -0.1) is 0 Å². The van der Waals surface area contributed by atoms with Crippen molar-refractivity contribution < 1.29 is 4.79 Å². The number of aryl methyl sites for hydroxylation is 2. The third-order valence-electron chi connectivity index (χ3n) is 3.88. The molecule has 2 aromatic carbocycles. The van der Waals surface area contributed by atoms with Crippen molar-refractivity contribution in [2.24, 2.45) is 0 Å². The SMILES string of the molecule is N#Cc1ccccc1NC(=O)Nc1cccc(CCc2ccccn2)c1. The van der Waals surface area contributed by atoms with Crippen molar-refractivity contribution in [3.05, 3.63) is 89.7 Å². The Morgan fingerprint density at radius 1 is 0.962 bits per heavy atom. The van der Waals surface area contributed by atoms with Crippen LogP contribution in [0.1, 0.15) is 16.8 Å². The van der Waals surface area contributed by atoms with Crippen LogP contribution < -0.4 is 10.6 Å². The monoisotopic (exact) mass is 342 g/mol. The normalized spacial score (nSPS) is 9.96. The number of nitrogens with one attached hydrogen (secondary N) is 2. The molecule has 3 aromatic rings. The van der Waals surface area contributed by atoms with Gasteiger partial charge in [0.05, 0.1) is 11.3 Å². The minimum Gasteiger partial charge on any atom is -0.308 e. The number of aromatic nitrogens is 1. The van der Waals surface area contributed by atoms with Gasteiger partial charge in [-0.3, -0.25) is 4.98 Å². The van der Waals surface area contributed by atoms with Gasteiger partial charge < -0.3 is 10.6 Å². The molecule has 0 aliphatic carbocycles. The third-order valence-corrected chi connectivity index (χ3v) is 3.88. The number of benzene rings is 2.